The number of aromatic amines is 1. The van der Waals surface area contributed by atoms with Crippen molar-refractivity contribution in [2.45, 2.75) is 38.8 Å². The SMILES string of the molecule is CCC(CNCc1ccn[nH]1)N1CCCC1. The van der Waals surface area contributed by atoms with Crippen molar-refractivity contribution in [2.24, 2.45) is 0 Å². The lowest BCUT2D eigenvalue weighted by Gasteiger charge is -2.26. The maximum Gasteiger partial charge on any atom is 0.0490 e. The fourth-order valence-electron chi connectivity index (χ4n) is 2.39. The van der Waals surface area contributed by atoms with Crippen LogP contribution in [0.25, 0.3) is 0 Å². The maximum absolute atomic E-state index is 3.94. The minimum absolute atomic E-state index is 0.699. The van der Waals surface area contributed by atoms with Crippen LogP contribution in [-0.2, 0) is 6.54 Å². The van der Waals surface area contributed by atoms with Crippen LogP contribution < -0.4 is 5.32 Å². The zero-order valence-electron chi connectivity index (χ0n) is 10.1. The predicted molar refractivity (Wildman–Crippen MR) is 65.2 cm³/mol. The summed E-state index contributed by atoms with van der Waals surface area (Å²) in [6.07, 6.45) is 5.78. The van der Waals surface area contributed by atoms with Gasteiger partial charge in [0.25, 0.3) is 0 Å². The molecule has 2 heterocycles. The second-order valence-corrected chi connectivity index (χ2v) is 4.52. The van der Waals surface area contributed by atoms with Gasteiger partial charge in [-0.3, -0.25) is 10.00 Å². The molecule has 90 valence electrons. The number of rotatable bonds is 6. The Balaban J connectivity index is 1.70. The van der Waals surface area contributed by atoms with Gasteiger partial charge >= 0.3 is 0 Å². The molecular formula is C12H22N4. The molecule has 2 rings (SSSR count). The smallest absolute Gasteiger partial charge is 0.0490 e. The number of aromatic nitrogens is 2. The van der Waals surface area contributed by atoms with Crippen molar-refractivity contribution >= 4 is 0 Å². The molecule has 0 aliphatic carbocycles. The molecule has 0 aromatic carbocycles. The van der Waals surface area contributed by atoms with E-state index in [9.17, 15) is 0 Å². The highest BCUT2D eigenvalue weighted by molar-refractivity contribution is 4.96. The normalized spacial score (nSPS) is 19.1. The van der Waals surface area contributed by atoms with Crippen LogP contribution in [0.2, 0.25) is 0 Å². The molecule has 0 spiro atoms. The highest BCUT2D eigenvalue weighted by atomic mass is 15.2. The van der Waals surface area contributed by atoms with E-state index >= 15 is 0 Å². The molecule has 2 N–H and O–H groups in total. The Hall–Kier alpha value is -0.870. The van der Waals surface area contributed by atoms with Gasteiger partial charge in [0.15, 0.2) is 0 Å². The standard InChI is InChI=1S/C12H22N4/c1-2-12(16-7-3-4-8-16)10-13-9-11-5-6-14-15-11/h5-6,12-13H,2-4,7-10H2,1H3,(H,14,15). The Bertz CT molecular complexity index is 277. The molecule has 1 aliphatic heterocycles. The van der Waals surface area contributed by atoms with E-state index in [1.165, 1.54) is 32.4 Å². The summed E-state index contributed by atoms with van der Waals surface area (Å²) in [5, 5.41) is 10.4. The third-order valence-corrected chi connectivity index (χ3v) is 3.38. The molecule has 1 unspecified atom stereocenters. The van der Waals surface area contributed by atoms with E-state index < -0.39 is 0 Å². The van der Waals surface area contributed by atoms with Crippen LogP contribution in [0, 0.1) is 0 Å². The van der Waals surface area contributed by atoms with Gasteiger partial charge in [0.2, 0.25) is 0 Å². The molecule has 0 saturated carbocycles. The zero-order valence-corrected chi connectivity index (χ0v) is 10.1. The summed E-state index contributed by atoms with van der Waals surface area (Å²) < 4.78 is 0. The quantitative estimate of drug-likeness (QED) is 0.764. The first kappa shape index (κ1) is 11.6. The molecule has 4 heteroatoms. The molecule has 0 radical (unpaired) electrons. The average molecular weight is 222 g/mol. The van der Waals surface area contributed by atoms with Crippen molar-refractivity contribution in [2.75, 3.05) is 19.6 Å². The van der Waals surface area contributed by atoms with Gasteiger partial charge in [-0.1, -0.05) is 6.92 Å². The maximum atomic E-state index is 3.94. The number of hydrogen-bond acceptors (Lipinski definition) is 3. The highest BCUT2D eigenvalue weighted by Crippen LogP contribution is 2.13. The summed E-state index contributed by atoms with van der Waals surface area (Å²) in [7, 11) is 0. The summed E-state index contributed by atoms with van der Waals surface area (Å²) in [5.74, 6) is 0. The van der Waals surface area contributed by atoms with Gasteiger partial charge in [0, 0.05) is 31.0 Å². The third-order valence-electron chi connectivity index (χ3n) is 3.38. The number of H-pyrrole nitrogens is 1. The van der Waals surface area contributed by atoms with Gasteiger partial charge < -0.3 is 5.32 Å². The van der Waals surface area contributed by atoms with Crippen molar-refractivity contribution < 1.29 is 0 Å². The molecular weight excluding hydrogens is 200 g/mol. The van der Waals surface area contributed by atoms with Crippen LogP contribution in [0.1, 0.15) is 31.9 Å². The van der Waals surface area contributed by atoms with Crippen molar-refractivity contribution in [1.29, 1.82) is 0 Å². The number of hydrogen-bond donors (Lipinski definition) is 2. The van der Waals surface area contributed by atoms with Gasteiger partial charge in [-0.05, 0) is 38.4 Å². The summed E-state index contributed by atoms with van der Waals surface area (Å²) in [5.41, 5.74) is 1.16. The van der Waals surface area contributed by atoms with Crippen LogP contribution in [0.15, 0.2) is 12.3 Å². The molecule has 0 bridgehead atoms. The topological polar surface area (TPSA) is 44.0 Å². The lowest BCUT2D eigenvalue weighted by atomic mass is 10.2. The molecule has 1 aliphatic rings. The Morgan fingerprint density at radius 2 is 2.31 bits per heavy atom. The summed E-state index contributed by atoms with van der Waals surface area (Å²) in [4.78, 5) is 2.61. The fraction of sp³-hybridized carbons (Fsp3) is 0.750. The first-order valence-corrected chi connectivity index (χ1v) is 6.33. The summed E-state index contributed by atoms with van der Waals surface area (Å²) in [6.45, 7) is 6.81. The molecule has 16 heavy (non-hydrogen) atoms. The fourth-order valence-corrected chi connectivity index (χ4v) is 2.39. The minimum atomic E-state index is 0.699. The second kappa shape index (κ2) is 6.01. The molecule has 1 aromatic heterocycles. The number of nitrogens with zero attached hydrogens (tertiary/aromatic N) is 2. The van der Waals surface area contributed by atoms with Gasteiger partial charge in [0.1, 0.15) is 0 Å². The van der Waals surface area contributed by atoms with Crippen LogP contribution in [0.5, 0.6) is 0 Å². The van der Waals surface area contributed by atoms with Gasteiger partial charge in [-0.2, -0.15) is 5.10 Å². The molecule has 0 amide bonds. The molecule has 4 nitrogen and oxygen atoms in total. The Labute approximate surface area is 97.4 Å². The van der Waals surface area contributed by atoms with Crippen molar-refractivity contribution in [1.82, 2.24) is 20.4 Å². The van der Waals surface area contributed by atoms with E-state index in [2.05, 4.69) is 27.3 Å². The molecule has 1 aromatic rings. The first-order valence-electron chi connectivity index (χ1n) is 6.33. The minimum Gasteiger partial charge on any atom is -0.310 e. The monoisotopic (exact) mass is 222 g/mol. The lowest BCUT2D eigenvalue weighted by Crippen LogP contribution is -2.40. The summed E-state index contributed by atoms with van der Waals surface area (Å²) >= 11 is 0. The van der Waals surface area contributed by atoms with E-state index in [-0.39, 0.29) is 0 Å². The second-order valence-electron chi connectivity index (χ2n) is 4.52. The van der Waals surface area contributed by atoms with Crippen LogP contribution in [0.3, 0.4) is 0 Å². The van der Waals surface area contributed by atoms with E-state index in [0.717, 1.165) is 18.8 Å². The van der Waals surface area contributed by atoms with E-state index in [1.54, 1.807) is 6.20 Å². The largest absolute Gasteiger partial charge is 0.310 e. The molecule has 1 saturated heterocycles. The van der Waals surface area contributed by atoms with Gasteiger partial charge in [0.05, 0.1) is 0 Å². The van der Waals surface area contributed by atoms with Crippen LogP contribution in [-0.4, -0.2) is 40.8 Å². The van der Waals surface area contributed by atoms with Crippen molar-refractivity contribution in [3.8, 4) is 0 Å². The Kier molecular flexibility index (Phi) is 4.36. The first-order chi connectivity index (χ1) is 7.90. The molecule has 1 fully saturated rings. The third kappa shape index (κ3) is 3.06. The van der Waals surface area contributed by atoms with E-state index in [1.807, 2.05) is 6.07 Å². The van der Waals surface area contributed by atoms with Crippen molar-refractivity contribution in [3.63, 3.8) is 0 Å². The van der Waals surface area contributed by atoms with E-state index in [4.69, 9.17) is 0 Å². The zero-order chi connectivity index (χ0) is 11.2. The number of likely N-dealkylation sites (tertiary alicyclic amines) is 1. The number of nitrogens with one attached hydrogen (secondary N) is 2. The Morgan fingerprint density at radius 3 is 2.94 bits per heavy atom. The van der Waals surface area contributed by atoms with Crippen molar-refractivity contribution in [3.05, 3.63) is 18.0 Å². The average Bonchev–Trinajstić information content (AvgIpc) is 2.96. The van der Waals surface area contributed by atoms with Crippen LogP contribution >= 0.6 is 0 Å². The van der Waals surface area contributed by atoms with Crippen LogP contribution in [0.4, 0.5) is 0 Å². The predicted octanol–water partition coefficient (Wildman–Crippen LogP) is 1.37. The lowest BCUT2D eigenvalue weighted by molar-refractivity contribution is 0.229. The van der Waals surface area contributed by atoms with Gasteiger partial charge in [-0.25, -0.2) is 0 Å². The van der Waals surface area contributed by atoms with E-state index in [0.29, 0.717) is 6.04 Å². The highest BCUT2D eigenvalue weighted by Gasteiger charge is 2.19. The Morgan fingerprint density at radius 1 is 1.50 bits per heavy atom. The molecule has 1 atom stereocenters. The summed E-state index contributed by atoms with van der Waals surface area (Å²) in [6, 6.07) is 2.72. The van der Waals surface area contributed by atoms with Gasteiger partial charge in [-0.15, -0.1) is 0 Å².